The van der Waals surface area contributed by atoms with Crippen molar-refractivity contribution in [3.63, 3.8) is 0 Å². The van der Waals surface area contributed by atoms with Crippen LogP contribution in [0.1, 0.15) is 24.2 Å². The summed E-state index contributed by atoms with van der Waals surface area (Å²) in [6.45, 7) is 2.40. The molecule has 1 aromatic rings. The van der Waals surface area contributed by atoms with Crippen molar-refractivity contribution < 1.29 is 18.0 Å². The molecule has 0 saturated heterocycles. The second-order valence-corrected chi connectivity index (χ2v) is 5.62. The van der Waals surface area contributed by atoms with Gasteiger partial charge in [-0.1, -0.05) is 35.8 Å². The zero-order valence-corrected chi connectivity index (χ0v) is 12.3. The topological polar surface area (TPSA) is 20.3 Å². The lowest BCUT2D eigenvalue weighted by atomic mass is 10.1. The first-order valence-electron chi connectivity index (χ1n) is 5.80. The summed E-state index contributed by atoms with van der Waals surface area (Å²) in [5.41, 5.74) is 0.249. The smallest absolute Gasteiger partial charge is 0.329 e. The number of carbonyl (C=O) groups is 1. The molecular weight excluding hydrogens is 323 g/mol. The molecule has 0 N–H and O–H groups in total. The first-order valence-corrected chi connectivity index (χ1v) is 6.60. The van der Waals surface area contributed by atoms with Crippen LogP contribution in [0.4, 0.5) is 13.2 Å². The fourth-order valence-corrected chi connectivity index (χ4v) is 2.08. The largest absolute Gasteiger partial charge is 0.406 e. The zero-order chi connectivity index (χ0) is 14.6. The summed E-state index contributed by atoms with van der Waals surface area (Å²) in [7, 11) is 0. The lowest BCUT2D eigenvalue weighted by Gasteiger charge is -2.25. The highest BCUT2D eigenvalue weighted by atomic mass is 79.9. The van der Waals surface area contributed by atoms with Crippen LogP contribution < -0.4 is 0 Å². The van der Waals surface area contributed by atoms with Gasteiger partial charge in [0.1, 0.15) is 6.54 Å². The van der Waals surface area contributed by atoms with Crippen LogP contribution in [0.25, 0.3) is 0 Å². The van der Waals surface area contributed by atoms with Gasteiger partial charge in [0.05, 0.1) is 0 Å². The van der Waals surface area contributed by atoms with Crippen molar-refractivity contribution >= 4 is 21.8 Å². The number of hydrogen-bond acceptors (Lipinski definition) is 1. The molecule has 0 spiro atoms. The van der Waals surface area contributed by atoms with Crippen LogP contribution in [0, 0.1) is 5.92 Å². The van der Waals surface area contributed by atoms with Crippen molar-refractivity contribution in [3.05, 3.63) is 34.3 Å². The van der Waals surface area contributed by atoms with E-state index in [1.54, 1.807) is 26.0 Å². The molecule has 0 atom stereocenters. The van der Waals surface area contributed by atoms with E-state index < -0.39 is 18.6 Å². The first kappa shape index (κ1) is 16.0. The number of rotatable bonds is 4. The van der Waals surface area contributed by atoms with Crippen LogP contribution in [0.3, 0.4) is 0 Å². The van der Waals surface area contributed by atoms with Crippen LogP contribution in [0.15, 0.2) is 28.7 Å². The van der Waals surface area contributed by atoms with Gasteiger partial charge in [-0.2, -0.15) is 13.2 Å². The van der Waals surface area contributed by atoms with Crippen molar-refractivity contribution in [2.45, 2.75) is 20.0 Å². The average molecular weight is 338 g/mol. The molecular formula is C13H15BrF3NO. The van der Waals surface area contributed by atoms with Gasteiger partial charge >= 0.3 is 6.18 Å². The van der Waals surface area contributed by atoms with Crippen LogP contribution in [-0.2, 0) is 0 Å². The van der Waals surface area contributed by atoms with E-state index in [0.717, 1.165) is 4.90 Å². The Hall–Kier alpha value is -1.04. The number of amides is 1. The van der Waals surface area contributed by atoms with Gasteiger partial charge in [-0.15, -0.1) is 0 Å². The summed E-state index contributed by atoms with van der Waals surface area (Å²) in [5.74, 6) is -0.634. The lowest BCUT2D eigenvalue weighted by Crippen LogP contribution is -2.41. The van der Waals surface area contributed by atoms with E-state index in [-0.39, 0.29) is 18.0 Å². The van der Waals surface area contributed by atoms with E-state index in [2.05, 4.69) is 15.9 Å². The molecule has 0 radical (unpaired) electrons. The average Bonchev–Trinajstić information content (AvgIpc) is 2.24. The Kier molecular flexibility index (Phi) is 5.40. The molecule has 106 valence electrons. The van der Waals surface area contributed by atoms with Gasteiger partial charge in [-0.05, 0) is 24.1 Å². The Morgan fingerprint density at radius 3 is 2.47 bits per heavy atom. The fraction of sp³-hybridized carbons (Fsp3) is 0.462. The Labute approximate surface area is 118 Å². The third-order valence-electron chi connectivity index (χ3n) is 2.31. The maximum atomic E-state index is 12.5. The molecule has 1 amide bonds. The van der Waals surface area contributed by atoms with E-state index in [1.165, 1.54) is 12.1 Å². The summed E-state index contributed by atoms with van der Waals surface area (Å²) in [4.78, 5) is 13.0. The number of hydrogen-bond donors (Lipinski definition) is 0. The van der Waals surface area contributed by atoms with E-state index in [9.17, 15) is 18.0 Å². The lowest BCUT2D eigenvalue weighted by molar-refractivity contribution is -0.141. The summed E-state index contributed by atoms with van der Waals surface area (Å²) in [5, 5.41) is 0. The van der Waals surface area contributed by atoms with E-state index in [4.69, 9.17) is 0 Å². The first-order chi connectivity index (χ1) is 8.69. The minimum Gasteiger partial charge on any atom is -0.329 e. The highest BCUT2D eigenvalue weighted by Crippen LogP contribution is 2.20. The standard InChI is InChI=1S/C13H15BrF3NO/c1-9(2)7-18(8-13(15,16)17)12(19)10-4-3-5-11(14)6-10/h3-6,9H,7-8H2,1-2H3. The summed E-state index contributed by atoms with van der Waals surface area (Å²) in [6, 6.07) is 6.37. The van der Waals surface area contributed by atoms with Crippen molar-refractivity contribution in [2.75, 3.05) is 13.1 Å². The Balaban J connectivity index is 2.93. The zero-order valence-electron chi connectivity index (χ0n) is 10.7. The van der Waals surface area contributed by atoms with Crippen molar-refractivity contribution in [1.82, 2.24) is 4.90 Å². The molecule has 19 heavy (non-hydrogen) atoms. The number of halogens is 4. The van der Waals surface area contributed by atoms with Gasteiger partial charge in [0.15, 0.2) is 0 Å². The molecule has 0 aliphatic carbocycles. The highest BCUT2D eigenvalue weighted by molar-refractivity contribution is 9.10. The molecule has 1 rings (SSSR count). The molecule has 6 heteroatoms. The van der Waals surface area contributed by atoms with Crippen molar-refractivity contribution in [1.29, 1.82) is 0 Å². The molecule has 2 nitrogen and oxygen atoms in total. The molecule has 0 aromatic heterocycles. The SMILES string of the molecule is CC(C)CN(CC(F)(F)F)C(=O)c1cccc(Br)c1. The van der Waals surface area contributed by atoms with Crippen molar-refractivity contribution in [2.24, 2.45) is 5.92 Å². The van der Waals surface area contributed by atoms with E-state index in [0.29, 0.717) is 4.47 Å². The van der Waals surface area contributed by atoms with Crippen molar-refractivity contribution in [3.8, 4) is 0 Å². The predicted octanol–water partition coefficient (Wildman–Crippen LogP) is 4.11. The van der Waals surface area contributed by atoms with Crippen LogP contribution in [0.5, 0.6) is 0 Å². The highest BCUT2D eigenvalue weighted by Gasteiger charge is 2.33. The van der Waals surface area contributed by atoms with Crippen LogP contribution >= 0.6 is 15.9 Å². The maximum absolute atomic E-state index is 12.5. The number of carbonyl (C=O) groups excluding carboxylic acids is 1. The third kappa shape index (κ3) is 5.63. The number of benzene rings is 1. The Bertz CT molecular complexity index is 446. The van der Waals surface area contributed by atoms with Gasteiger partial charge in [0.25, 0.3) is 5.91 Å². The maximum Gasteiger partial charge on any atom is 0.406 e. The van der Waals surface area contributed by atoms with E-state index >= 15 is 0 Å². The van der Waals surface area contributed by atoms with Gasteiger partial charge in [0.2, 0.25) is 0 Å². The van der Waals surface area contributed by atoms with E-state index in [1.807, 2.05) is 0 Å². The molecule has 0 fully saturated rings. The quantitative estimate of drug-likeness (QED) is 0.809. The molecule has 0 saturated carbocycles. The van der Waals surface area contributed by atoms with Gasteiger partial charge in [-0.25, -0.2) is 0 Å². The second kappa shape index (κ2) is 6.41. The summed E-state index contributed by atoms with van der Waals surface area (Å²) in [6.07, 6.45) is -4.39. The minimum absolute atomic E-state index is 0.0292. The van der Waals surface area contributed by atoms with Gasteiger partial charge < -0.3 is 4.90 Å². The van der Waals surface area contributed by atoms with Gasteiger partial charge in [0, 0.05) is 16.6 Å². The fourth-order valence-electron chi connectivity index (χ4n) is 1.68. The molecule has 1 aromatic carbocycles. The summed E-state index contributed by atoms with van der Waals surface area (Å²) < 4.78 is 38.2. The second-order valence-electron chi connectivity index (χ2n) is 4.71. The molecule has 0 bridgehead atoms. The molecule has 0 heterocycles. The van der Waals surface area contributed by atoms with Crippen LogP contribution in [-0.4, -0.2) is 30.1 Å². The van der Waals surface area contributed by atoms with Crippen LogP contribution in [0.2, 0.25) is 0 Å². The molecule has 0 aliphatic heterocycles. The number of nitrogens with zero attached hydrogens (tertiary/aromatic N) is 1. The minimum atomic E-state index is -4.39. The van der Waals surface area contributed by atoms with Gasteiger partial charge in [-0.3, -0.25) is 4.79 Å². The Morgan fingerprint density at radius 1 is 1.37 bits per heavy atom. The molecule has 0 unspecified atom stereocenters. The Morgan fingerprint density at radius 2 is 2.00 bits per heavy atom. The monoisotopic (exact) mass is 337 g/mol. The normalized spacial score (nSPS) is 11.7. The third-order valence-corrected chi connectivity index (χ3v) is 2.81. The summed E-state index contributed by atoms with van der Waals surface area (Å²) >= 11 is 3.20. The number of alkyl halides is 3. The molecule has 0 aliphatic rings. The predicted molar refractivity (Wildman–Crippen MR) is 70.9 cm³/mol.